The van der Waals surface area contributed by atoms with Crippen molar-refractivity contribution in [1.82, 2.24) is 10.4 Å². The number of amides is 1. The van der Waals surface area contributed by atoms with Crippen molar-refractivity contribution in [3.63, 3.8) is 0 Å². The van der Waals surface area contributed by atoms with E-state index in [-0.39, 0.29) is 62.2 Å². The minimum atomic E-state index is -3.64. The number of benzene rings is 3. The third kappa shape index (κ3) is 14.6. The van der Waals surface area contributed by atoms with Crippen molar-refractivity contribution in [2.24, 2.45) is 5.92 Å². The van der Waals surface area contributed by atoms with Crippen LogP contribution in [0.3, 0.4) is 0 Å². The Labute approximate surface area is 306 Å². The Bertz CT molecular complexity index is 1630. The van der Waals surface area contributed by atoms with E-state index in [1.807, 2.05) is 54.6 Å². The Morgan fingerprint density at radius 2 is 1.40 bits per heavy atom. The normalized spacial score (nSPS) is 14.0. The van der Waals surface area contributed by atoms with Crippen molar-refractivity contribution >= 4 is 31.3 Å². The summed E-state index contributed by atoms with van der Waals surface area (Å²) in [7, 11) is -2.27. The Morgan fingerprint density at radius 1 is 0.769 bits per heavy atom. The lowest BCUT2D eigenvalue weighted by atomic mass is 9.94. The number of ether oxygens (including phenoxy) is 4. The van der Waals surface area contributed by atoms with Crippen LogP contribution in [0.1, 0.15) is 65.0 Å². The number of hydrogen-bond donors (Lipinski definition) is 2. The summed E-state index contributed by atoms with van der Waals surface area (Å²) in [6, 6.07) is 23.2. The summed E-state index contributed by atoms with van der Waals surface area (Å²) in [5, 5.41) is 5.68. The summed E-state index contributed by atoms with van der Waals surface area (Å²) in [5.74, 6) is -1.97. The summed E-state index contributed by atoms with van der Waals surface area (Å²) in [4.78, 5) is 50.1. The Morgan fingerprint density at radius 3 is 2.02 bits per heavy atom. The second-order valence-corrected chi connectivity index (χ2v) is 14.8. The van der Waals surface area contributed by atoms with Crippen molar-refractivity contribution in [2.75, 3.05) is 20.1 Å². The molecule has 0 saturated carbocycles. The van der Waals surface area contributed by atoms with Gasteiger partial charge in [-0.3, -0.25) is 23.7 Å². The highest BCUT2D eigenvalue weighted by atomic mass is 31.2. The first kappa shape index (κ1) is 41.9. The monoisotopic (exact) mass is 738 g/mol. The second kappa shape index (κ2) is 21.1. The molecule has 282 valence electrons. The van der Waals surface area contributed by atoms with Crippen LogP contribution >= 0.6 is 7.52 Å². The Balaban J connectivity index is 1.52. The van der Waals surface area contributed by atoms with Gasteiger partial charge in [0.2, 0.25) is 5.91 Å². The van der Waals surface area contributed by atoms with Gasteiger partial charge in [-0.15, -0.1) is 0 Å². The van der Waals surface area contributed by atoms with Crippen LogP contribution in [0, 0.1) is 5.92 Å². The van der Waals surface area contributed by atoms with Crippen LogP contribution in [0.5, 0.6) is 5.75 Å². The lowest BCUT2D eigenvalue weighted by Gasteiger charge is -2.23. The highest BCUT2D eigenvalue weighted by Crippen LogP contribution is 2.43. The summed E-state index contributed by atoms with van der Waals surface area (Å²) in [5.41, 5.74) is 3.81. The molecular formula is C39H51N2O10P. The molecule has 13 heteroatoms. The molecule has 0 aliphatic rings. The number of methoxy groups -OCH3 is 1. The van der Waals surface area contributed by atoms with Gasteiger partial charge in [0.1, 0.15) is 24.7 Å². The molecule has 0 saturated heterocycles. The molecule has 3 rings (SSSR count). The third-order valence-electron chi connectivity index (χ3n) is 7.76. The van der Waals surface area contributed by atoms with Crippen LogP contribution in [0.4, 0.5) is 0 Å². The van der Waals surface area contributed by atoms with Crippen molar-refractivity contribution in [3.8, 4) is 16.9 Å². The predicted molar refractivity (Wildman–Crippen MR) is 197 cm³/mol. The maximum absolute atomic E-state index is 13.3. The molecule has 12 nitrogen and oxygen atoms in total. The van der Waals surface area contributed by atoms with Gasteiger partial charge in [-0.05, 0) is 74.9 Å². The van der Waals surface area contributed by atoms with E-state index >= 15 is 0 Å². The summed E-state index contributed by atoms with van der Waals surface area (Å²) < 4.78 is 39.8. The molecule has 3 aromatic rings. The second-order valence-electron chi connectivity index (χ2n) is 12.7. The average Bonchev–Trinajstić information content (AvgIpc) is 3.11. The quantitative estimate of drug-likeness (QED) is 0.0690. The number of nitrogens with one attached hydrogen (secondary N) is 2. The van der Waals surface area contributed by atoms with E-state index in [1.165, 1.54) is 14.0 Å². The van der Waals surface area contributed by atoms with Gasteiger partial charge in [-0.1, -0.05) is 73.7 Å². The predicted octanol–water partition coefficient (Wildman–Crippen LogP) is 6.60. The number of carbonyl (C=O) groups excluding carboxylic acids is 4. The zero-order chi connectivity index (χ0) is 38.1. The van der Waals surface area contributed by atoms with Gasteiger partial charge < -0.3 is 28.8 Å². The van der Waals surface area contributed by atoms with Crippen molar-refractivity contribution < 1.29 is 47.2 Å². The molecule has 0 bridgehead atoms. The van der Waals surface area contributed by atoms with E-state index in [2.05, 4.69) is 10.4 Å². The number of esters is 3. The largest absolute Gasteiger partial charge is 0.466 e. The van der Waals surface area contributed by atoms with Crippen molar-refractivity contribution in [2.45, 2.75) is 85.1 Å². The summed E-state index contributed by atoms with van der Waals surface area (Å²) in [6.07, 6.45) is 0.0247. The molecule has 0 spiro atoms. The lowest BCUT2D eigenvalue weighted by molar-refractivity contribution is -0.149. The molecular weight excluding hydrogens is 687 g/mol. The SMILES string of the molecule is CCOC(=O)C(C)CC(Cc1ccc(-c2ccccc2)cc1)NC(=O)CCC(=O)OCc1ccc(OP(=O)(COC)NC(C)C(=O)OC(C)C)cc1. The molecule has 0 radical (unpaired) electrons. The molecule has 4 unspecified atom stereocenters. The number of rotatable bonds is 21. The van der Waals surface area contributed by atoms with Crippen LogP contribution in [0.2, 0.25) is 0 Å². The Kier molecular flexibility index (Phi) is 17.0. The fraction of sp³-hybridized carbons (Fsp3) is 0.436. The van der Waals surface area contributed by atoms with E-state index in [4.69, 9.17) is 23.5 Å². The maximum Gasteiger partial charge on any atom is 0.342 e. The van der Waals surface area contributed by atoms with Gasteiger partial charge in [0.15, 0.2) is 0 Å². The van der Waals surface area contributed by atoms with E-state index in [0.29, 0.717) is 18.4 Å². The first-order valence-corrected chi connectivity index (χ1v) is 19.2. The third-order valence-corrected chi connectivity index (χ3v) is 9.65. The molecule has 0 fully saturated rings. The topological polar surface area (TPSA) is 156 Å². The van der Waals surface area contributed by atoms with Gasteiger partial charge in [-0.2, -0.15) is 0 Å². The van der Waals surface area contributed by atoms with Crippen molar-refractivity contribution in [1.29, 1.82) is 0 Å². The van der Waals surface area contributed by atoms with Crippen LogP contribution < -0.4 is 14.9 Å². The van der Waals surface area contributed by atoms with Gasteiger partial charge in [0.25, 0.3) is 0 Å². The van der Waals surface area contributed by atoms with Crippen LogP contribution in [0.15, 0.2) is 78.9 Å². The van der Waals surface area contributed by atoms with E-state index < -0.39 is 31.4 Å². The van der Waals surface area contributed by atoms with E-state index in [9.17, 15) is 23.7 Å². The molecule has 4 atom stereocenters. The highest BCUT2D eigenvalue weighted by molar-refractivity contribution is 7.57. The molecule has 1 amide bonds. The minimum absolute atomic E-state index is 0.0502. The molecule has 52 heavy (non-hydrogen) atoms. The van der Waals surface area contributed by atoms with Crippen molar-refractivity contribution in [3.05, 3.63) is 90.0 Å². The molecule has 3 aromatic carbocycles. The number of hydrogen-bond acceptors (Lipinski definition) is 10. The van der Waals surface area contributed by atoms with E-state index in [1.54, 1.807) is 52.0 Å². The standard InChI is InChI=1S/C39H51N2O10P/c1-7-48-38(44)28(4)23-34(24-30-13-17-33(18-14-30)32-11-9-8-10-12-32)40-36(42)21-22-37(43)49-25-31-15-19-35(20-16-31)51-52(46,26-47-6)41-29(5)39(45)50-27(2)3/h8-20,27-29,34H,7,21-26H2,1-6H3,(H,40,42)(H,41,46). The molecule has 2 N–H and O–H groups in total. The lowest BCUT2D eigenvalue weighted by Crippen LogP contribution is -2.39. The molecule has 0 aliphatic carbocycles. The Hall–Kier alpha value is -4.51. The zero-order valence-corrected chi connectivity index (χ0v) is 31.7. The fourth-order valence-electron chi connectivity index (χ4n) is 5.26. The van der Waals surface area contributed by atoms with Crippen LogP contribution in [-0.2, 0) is 55.7 Å². The molecule has 0 aliphatic heterocycles. The van der Waals surface area contributed by atoms with Crippen LogP contribution in [-0.4, -0.2) is 62.1 Å². The molecule has 0 aromatic heterocycles. The van der Waals surface area contributed by atoms with E-state index in [0.717, 1.165) is 16.7 Å². The van der Waals surface area contributed by atoms with Gasteiger partial charge in [0, 0.05) is 19.6 Å². The van der Waals surface area contributed by atoms with Crippen LogP contribution in [0.25, 0.3) is 11.1 Å². The fourth-order valence-corrected chi connectivity index (χ4v) is 6.94. The summed E-state index contributed by atoms with van der Waals surface area (Å²) in [6.45, 7) is 8.70. The first-order valence-electron chi connectivity index (χ1n) is 17.4. The average molecular weight is 739 g/mol. The van der Waals surface area contributed by atoms with Gasteiger partial charge in [-0.25, -0.2) is 5.09 Å². The van der Waals surface area contributed by atoms with Gasteiger partial charge >= 0.3 is 25.4 Å². The molecule has 0 heterocycles. The zero-order valence-electron chi connectivity index (χ0n) is 30.8. The highest BCUT2D eigenvalue weighted by Gasteiger charge is 2.31. The first-order chi connectivity index (χ1) is 24.8. The maximum atomic E-state index is 13.3. The summed E-state index contributed by atoms with van der Waals surface area (Å²) >= 11 is 0. The van der Waals surface area contributed by atoms with Gasteiger partial charge in [0.05, 0.1) is 25.0 Å². The number of carbonyl (C=O) groups is 4. The smallest absolute Gasteiger partial charge is 0.342 e. The minimum Gasteiger partial charge on any atom is -0.466 e.